The van der Waals surface area contributed by atoms with Gasteiger partial charge in [0.2, 0.25) is 0 Å². The zero-order valence-corrected chi connectivity index (χ0v) is 18.2. The summed E-state index contributed by atoms with van der Waals surface area (Å²) in [6.45, 7) is 0.842. The lowest BCUT2D eigenvalue weighted by molar-refractivity contribution is -0.385. The van der Waals surface area contributed by atoms with E-state index in [2.05, 4.69) is 21.3 Å². The van der Waals surface area contributed by atoms with Gasteiger partial charge in [-0.15, -0.1) is 0 Å². The number of nitrogens with zero attached hydrogens (tertiary/aromatic N) is 2. The standard InChI is InChI=1S/C18H20N6O6S2/c25-17(21-13-1-5-15(6-2-13)23(27)28)19-9-11-31-32-12-10-20-18(26)22-14-3-7-16(8-4-14)24(29)30/h1-8H,9-12H2,(H2,19,21,25)(H2,20,22,26). The number of benzene rings is 2. The highest BCUT2D eigenvalue weighted by Crippen LogP contribution is 2.19. The zero-order chi connectivity index (χ0) is 23.3. The van der Waals surface area contributed by atoms with E-state index in [4.69, 9.17) is 0 Å². The van der Waals surface area contributed by atoms with Gasteiger partial charge in [0.05, 0.1) is 9.85 Å². The molecule has 32 heavy (non-hydrogen) atoms. The maximum absolute atomic E-state index is 11.8. The summed E-state index contributed by atoms with van der Waals surface area (Å²) in [7, 11) is 3.06. The van der Waals surface area contributed by atoms with Crippen molar-refractivity contribution in [1.29, 1.82) is 0 Å². The smallest absolute Gasteiger partial charge is 0.319 e. The number of carbonyl (C=O) groups is 2. The predicted molar refractivity (Wildman–Crippen MR) is 125 cm³/mol. The van der Waals surface area contributed by atoms with E-state index < -0.39 is 21.9 Å². The number of hydrogen-bond donors (Lipinski definition) is 4. The number of nitro groups is 2. The van der Waals surface area contributed by atoms with Crippen LogP contribution in [0.1, 0.15) is 0 Å². The van der Waals surface area contributed by atoms with E-state index in [1.54, 1.807) is 0 Å². The molecule has 0 atom stereocenters. The third kappa shape index (κ3) is 9.09. The van der Waals surface area contributed by atoms with Gasteiger partial charge in [-0.2, -0.15) is 0 Å². The van der Waals surface area contributed by atoms with Crippen LogP contribution in [0.2, 0.25) is 0 Å². The monoisotopic (exact) mass is 480 g/mol. The second-order valence-electron chi connectivity index (χ2n) is 6.01. The zero-order valence-electron chi connectivity index (χ0n) is 16.6. The number of nitrogens with one attached hydrogen (secondary N) is 4. The molecule has 170 valence electrons. The predicted octanol–water partition coefficient (Wildman–Crippen LogP) is 3.83. The lowest BCUT2D eigenvalue weighted by atomic mass is 10.3. The Hall–Kier alpha value is -3.52. The average molecular weight is 481 g/mol. The Kier molecular flexibility index (Phi) is 10.1. The van der Waals surface area contributed by atoms with Crippen LogP contribution in [0.25, 0.3) is 0 Å². The first kappa shape index (κ1) is 24.7. The molecule has 0 bridgehead atoms. The molecule has 2 rings (SSSR count). The molecule has 0 spiro atoms. The molecule has 0 unspecified atom stereocenters. The molecule has 0 heterocycles. The van der Waals surface area contributed by atoms with Gasteiger partial charge in [0.1, 0.15) is 0 Å². The van der Waals surface area contributed by atoms with Gasteiger partial charge in [-0.3, -0.25) is 20.2 Å². The summed E-state index contributed by atoms with van der Waals surface area (Å²) in [5.74, 6) is 1.29. The molecule has 0 fully saturated rings. The molecular formula is C18H20N6O6S2. The largest absolute Gasteiger partial charge is 0.337 e. The summed E-state index contributed by atoms with van der Waals surface area (Å²) in [5, 5.41) is 31.7. The van der Waals surface area contributed by atoms with Crippen molar-refractivity contribution in [3.63, 3.8) is 0 Å². The first-order chi connectivity index (χ1) is 15.3. The molecule has 0 saturated carbocycles. The Labute approximate surface area is 190 Å². The number of urea groups is 2. The van der Waals surface area contributed by atoms with E-state index in [0.29, 0.717) is 36.0 Å². The molecule has 2 aromatic carbocycles. The van der Waals surface area contributed by atoms with Crippen molar-refractivity contribution >= 4 is 56.4 Å². The quantitative estimate of drug-likeness (QED) is 0.163. The minimum absolute atomic E-state index is 0.0531. The Balaban J connectivity index is 1.50. The van der Waals surface area contributed by atoms with E-state index in [0.717, 1.165) is 0 Å². The number of hydrogen-bond acceptors (Lipinski definition) is 8. The van der Waals surface area contributed by atoms with E-state index in [1.165, 1.54) is 70.1 Å². The molecule has 0 aromatic heterocycles. The molecular weight excluding hydrogens is 460 g/mol. The molecule has 0 radical (unpaired) electrons. The maximum atomic E-state index is 11.8. The highest BCUT2D eigenvalue weighted by molar-refractivity contribution is 8.76. The molecule has 2 aromatic rings. The van der Waals surface area contributed by atoms with Crippen LogP contribution in [0.5, 0.6) is 0 Å². The topological polar surface area (TPSA) is 169 Å². The van der Waals surface area contributed by atoms with Gasteiger partial charge in [0.25, 0.3) is 11.4 Å². The molecule has 4 amide bonds. The highest BCUT2D eigenvalue weighted by atomic mass is 33.1. The van der Waals surface area contributed by atoms with E-state index in [1.807, 2.05) is 0 Å². The lowest BCUT2D eigenvalue weighted by Gasteiger charge is -2.08. The van der Waals surface area contributed by atoms with Gasteiger partial charge in [-0.25, -0.2) is 9.59 Å². The molecule has 12 nitrogen and oxygen atoms in total. The first-order valence-electron chi connectivity index (χ1n) is 9.18. The van der Waals surface area contributed by atoms with Crippen molar-refractivity contribution in [2.24, 2.45) is 0 Å². The Morgan fingerprint density at radius 1 is 0.688 bits per heavy atom. The van der Waals surface area contributed by atoms with Crippen molar-refractivity contribution in [2.75, 3.05) is 35.2 Å². The Bertz CT molecular complexity index is 864. The number of non-ortho nitro benzene ring substituents is 2. The fraction of sp³-hybridized carbons (Fsp3) is 0.222. The van der Waals surface area contributed by atoms with Gasteiger partial charge >= 0.3 is 12.1 Å². The highest BCUT2D eigenvalue weighted by Gasteiger charge is 2.07. The van der Waals surface area contributed by atoms with Gasteiger partial charge in [0, 0.05) is 60.2 Å². The third-order valence-electron chi connectivity index (χ3n) is 3.70. The van der Waals surface area contributed by atoms with E-state index in [9.17, 15) is 29.8 Å². The molecule has 0 aliphatic carbocycles. The third-order valence-corrected chi connectivity index (χ3v) is 6.11. The first-order valence-corrected chi connectivity index (χ1v) is 11.7. The summed E-state index contributed by atoms with van der Waals surface area (Å²) in [5.41, 5.74) is 0.798. The minimum Gasteiger partial charge on any atom is -0.337 e. The van der Waals surface area contributed by atoms with Gasteiger partial charge in [0.15, 0.2) is 0 Å². The van der Waals surface area contributed by atoms with Crippen LogP contribution in [0.15, 0.2) is 48.5 Å². The number of carbonyl (C=O) groups excluding carboxylic acids is 2. The number of amides is 4. The minimum atomic E-state index is -0.514. The Morgan fingerprint density at radius 3 is 1.34 bits per heavy atom. The van der Waals surface area contributed by atoms with Crippen molar-refractivity contribution in [3.8, 4) is 0 Å². The van der Waals surface area contributed by atoms with Crippen LogP contribution in [0, 0.1) is 20.2 Å². The van der Waals surface area contributed by atoms with Crippen molar-refractivity contribution in [1.82, 2.24) is 10.6 Å². The normalized spacial score (nSPS) is 10.1. The van der Waals surface area contributed by atoms with Crippen LogP contribution >= 0.6 is 21.6 Å². The summed E-state index contributed by atoms with van der Waals surface area (Å²) in [6, 6.07) is 10.2. The van der Waals surface area contributed by atoms with Crippen LogP contribution in [-0.2, 0) is 0 Å². The Morgan fingerprint density at radius 2 is 1.03 bits per heavy atom. The summed E-state index contributed by atoms with van der Waals surface area (Å²) < 4.78 is 0. The molecule has 0 aliphatic heterocycles. The van der Waals surface area contributed by atoms with Crippen molar-refractivity contribution in [3.05, 3.63) is 68.8 Å². The molecule has 0 aliphatic rings. The van der Waals surface area contributed by atoms with Gasteiger partial charge in [-0.05, 0) is 24.3 Å². The fourth-order valence-corrected chi connectivity index (χ4v) is 4.03. The van der Waals surface area contributed by atoms with E-state index in [-0.39, 0.29) is 11.4 Å². The SMILES string of the molecule is O=C(NCCSSCCNC(=O)Nc1ccc([N+](=O)[O-])cc1)Nc1ccc([N+](=O)[O-])cc1. The van der Waals surface area contributed by atoms with E-state index >= 15 is 0 Å². The van der Waals surface area contributed by atoms with Crippen LogP contribution in [0.3, 0.4) is 0 Å². The van der Waals surface area contributed by atoms with Crippen LogP contribution < -0.4 is 21.3 Å². The molecule has 0 saturated heterocycles. The lowest BCUT2D eigenvalue weighted by Crippen LogP contribution is -2.30. The molecule has 4 N–H and O–H groups in total. The second kappa shape index (κ2) is 13.0. The van der Waals surface area contributed by atoms with Gasteiger partial charge in [-0.1, -0.05) is 21.6 Å². The second-order valence-corrected chi connectivity index (χ2v) is 8.72. The number of anilines is 2. The van der Waals surface area contributed by atoms with Gasteiger partial charge < -0.3 is 21.3 Å². The van der Waals surface area contributed by atoms with Crippen LogP contribution in [-0.4, -0.2) is 46.5 Å². The summed E-state index contributed by atoms with van der Waals surface area (Å²) >= 11 is 0. The maximum Gasteiger partial charge on any atom is 0.319 e. The fourth-order valence-electron chi connectivity index (χ4n) is 2.21. The summed E-state index contributed by atoms with van der Waals surface area (Å²) in [6.07, 6.45) is 0. The van der Waals surface area contributed by atoms with Crippen molar-refractivity contribution in [2.45, 2.75) is 0 Å². The summed E-state index contributed by atoms with van der Waals surface area (Å²) in [4.78, 5) is 43.7. The van der Waals surface area contributed by atoms with Crippen LogP contribution in [0.4, 0.5) is 32.3 Å². The number of rotatable bonds is 11. The average Bonchev–Trinajstić information content (AvgIpc) is 2.76. The molecule has 14 heteroatoms. The van der Waals surface area contributed by atoms with Crippen molar-refractivity contribution < 1.29 is 19.4 Å². The number of nitro benzene ring substituents is 2.